The maximum absolute atomic E-state index is 11.9. The number of nitrogens with two attached hydrogens (primary N) is 1. The molecule has 0 aliphatic carbocycles. The molecule has 0 saturated carbocycles. The Kier molecular flexibility index (Phi) is 4.35. The van der Waals surface area contributed by atoms with Crippen LogP contribution in [-0.2, 0) is 10.0 Å². The SMILES string of the molecule is CN(C)S(=O)(=O)c1ccc(SC(C)(C)C)c(N)c1. The topological polar surface area (TPSA) is 63.4 Å². The second-order valence-corrected chi connectivity index (χ2v) is 9.22. The zero-order chi connectivity index (χ0) is 14.1. The Labute approximate surface area is 114 Å². The number of rotatable bonds is 3. The standard InChI is InChI=1S/C12H20N2O2S2/c1-12(2,3)17-11-7-6-9(8-10(11)13)18(15,16)14(4)5/h6-8H,13H2,1-5H3. The van der Waals surface area contributed by atoms with Crippen LogP contribution in [0.2, 0.25) is 0 Å². The number of sulfonamides is 1. The molecule has 0 bridgehead atoms. The molecule has 0 amide bonds. The minimum atomic E-state index is -3.42. The maximum Gasteiger partial charge on any atom is 0.242 e. The molecule has 0 aliphatic rings. The first-order valence-electron chi connectivity index (χ1n) is 5.55. The summed E-state index contributed by atoms with van der Waals surface area (Å²) in [4.78, 5) is 1.13. The van der Waals surface area contributed by atoms with Crippen molar-refractivity contribution in [3.63, 3.8) is 0 Å². The van der Waals surface area contributed by atoms with E-state index in [4.69, 9.17) is 5.73 Å². The molecule has 0 atom stereocenters. The largest absolute Gasteiger partial charge is 0.398 e. The molecule has 102 valence electrons. The second kappa shape index (κ2) is 5.11. The normalized spacial score (nSPS) is 13.0. The smallest absolute Gasteiger partial charge is 0.242 e. The Bertz CT molecular complexity index is 531. The van der Waals surface area contributed by atoms with Crippen LogP contribution < -0.4 is 5.73 Å². The molecule has 0 fully saturated rings. The predicted molar refractivity (Wildman–Crippen MR) is 77.3 cm³/mol. The fourth-order valence-electron chi connectivity index (χ4n) is 1.32. The van der Waals surface area contributed by atoms with E-state index in [0.29, 0.717) is 5.69 Å². The highest BCUT2D eigenvalue weighted by Gasteiger charge is 2.20. The molecule has 2 N–H and O–H groups in total. The van der Waals surface area contributed by atoms with Crippen LogP contribution >= 0.6 is 11.8 Å². The van der Waals surface area contributed by atoms with E-state index < -0.39 is 10.0 Å². The summed E-state index contributed by atoms with van der Waals surface area (Å²) in [6, 6.07) is 4.88. The zero-order valence-electron chi connectivity index (χ0n) is 11.4. The van der Waals surface area contributed by atoms with Crippen molar-refractivity contribution >= 4 is 27.5 Å². The van der Waals surface area contributed by atoms with Gasteiger partial charge in [0.05, 0.1) is 4.90 Å². The highest BCUT2D eigenvalue weighted by Crippen LogP contribution is 2.36. The van der Waals surface area contributed by atoms with Gasteiger partial charge in [-0.05, 0) is 18.2 Å². The molecule has 18 heavy (non-hydrogen) atoms. The highest BCUT2D eigenvalue weighted by atomic mass is 32.2. The molecule has 0 heterocycles. The van der Waals surface area contributed by atoms with Crippen molar-refractivity contribution in [2.45, 2.75) is 35.3 Å². The molecule has 0 radical (unpaired) electrons. The zero-order valence-corrected chi connectivity index (χ0v) is 13.0. The minimum absolute atomic E-state index is 0.0378. The van der Waals surface area contributed by atoms with Gasteiger partial charge in [-0.3, -0.25) is 0 Å². The van der Waals surface area contributed by atoms with Gasteiger partial charge in [0.1, 0.15) is 0 Å². The summed E-state index contributed by atoms with van der Waals surface area (Å²) in [6.45, 7) is 6.25. The Hall–Kier alpha value is -0.720. The van der Waals surface area contributed by atoms with Gasteiger partial charge in [0, 0.05) is 29.4 Å². The van der Waals surface area contributed by atoms with Gasteiger partial charge >= 0.3 is 0 Å². The molecular formula is C12H20N2O2S2. The van der Waals surface area contributed by atoms with Gasteiger partial charge in [0.2, 0.25) is 10.0 Å². The van der Waals surface area contributed by atoms with E-state index >= 15 is 0 Å². The van der Waals surface area contributed by atoms with E-state index in [1.807, 2.05) is 0 Å². The number of benzene rings is 1. The molecule has 4 nitrogen and oxygen atoms in total. The van der Waals surface area contributed by atoms with Crippen LogP contribution in [0.5, 0.6) is 0 Å². The van der Waals surface area contributed by atoms with E-state index in [9.17, 15) is 8.42 Å². The van der Waals surface area contributed by atoms with E-state index in [-0.39, 0.29) is 9.64 Å². The van der Waals surface area contributed by atoms with Crippen LogP contribution in [0, 0.1) is 0 Å². The summed E-state index contributed by atoms with van der Waals surface area (Å²) in [5, 5.41) is 0. The summed E-state index contributed by atoms with van der Waals surface area (Å²) in [6.07, 6.45) is 0. The number of hydrogen-bond donors (Lipinski definition) is 1. The Morgan fingerprint density at radius 2 is 1.78 bits per heavy atom. The van der Waals surface area contributed by atoms with Crippen LogP contribution in [0.4, 0.5) is 5.69 Å². The predicted octanol–water partition coefficient (Wildman–Crippen LogP) is 2.41. The van der Waals surface area contributed by atoms with Gasteiger partial charge in [-0.25, -0.2) is 12.7 Å². The van der Waals surface area contributed by atoms with Crippen molar-refractivity contribution in [1.29, 1.82) is 0 Å². The molecular weight excluding hydrogens is 268 g/mol. The molecule has 0 unspecified atom stereocenters. The molecule has 0 saturated heterocycles. The van der Waals surface area contributed by atoms with Crippen LogP contribution in [0.15, 0.2) is 28.0 Å². The molecule has 1 rings (SSSR count). The first-order chi connectivity index (χ1) is 8.04. The molecule has 0 spiro atoms. The van der Waals surface area contributed by atoms with Crippen molar-refractivity contribution in [1.82, 2.24) is 4.31 Å². The van der Waals surface area contributed by atoms with Crippen LogP contribution in [0.3, 0.4) is 0 Å². The van der Waals surface area contributed by atoms with E-state index in [2.05, 4.69) is 20.8 Å². The van der Waals surface area contributed by atoms with Gasteiger partial charge in [-0.1, -0.05) is 20.8 Å². The van der Waals surface area contributed by atoms with Gasteiger partial charge in [-0.2, -0.15) is 0 Å². The quantitative estimate of drug-likeness (QED) is 0.685. The number of hydrogen-bond acceptors (Lipinski definition) is 4. The van der Waals surface area contributed by atoms with Crippen molar-refractivity contribution in [2.75, 3.05) is 19.8 Å². The first kappa shape index (κ1) is 15.3. The third-order valence-electron chi connectivity index (χ3n) is 2.18. The fraction of sp³-hybridized carbons (Fsp3) is 0.500. The number of thioether (sulfide) groups is 1. The summed E-state index contributed by atoms with van der Waals surface area (Å²) in [5.41, 5.74) is 6.42. The van der Waals surface area contributed by atoms with Crippen molar-refractivity contribution in [2.24, 2.45) is 0 Å². The summed E-state index contributed by atoms with van der Waals surface area (Å²) < 4.78 is 25.1. The van der Waals surface area contributed by atoms with E-state index in [1.165, 1.54) is 24.5 Å². The van der Waals surface area contributed by atoms with Gasteiger partial charge < -0.3 is 5.73 Å². The van der Waals surface area contributed by atoms with Crippen molar-refractivity contribution in [3.05, 3.63) is 18.2 Å². The van der Waals surface area contributed by atoms with Crippen molar-refractivity contribution < 1.29 is 8.42 Å². The first-order valence-corrected chi connectivity index (χ1v) is 7.81. The summed E-state index contributed by atoms with van der Waals surface area (Å²) in [7, 11) is -0.409. The molecule has 1 aromatic carbocycles. The van der Waals surface area contributed by atoms with Crippen molar-refractivity contribution in [3.8, 4) is 0 Å². The minimum Gasteiger partial charge on any atom is -0.398 e. The Morgan fingerprint density at radius 3 is 2.17 bits per heavy atom. The summed E-state index contributed by atoms with van der Waals surface area (Å²) >= 11 is 1.62. The molecule has 6 heteroatoms. The van der Waals surface area contributed by atoms with Gasteiger partial charge in [-0.15, -0.1) is 11.8 Å². The monoisotopic (exact) mass is 288 g/mol. The van der Waals surface area contributed by atoms with Crippen LogP contribution in [0.25, 0.3) is 0 Å². The Balaban J connectivity index is 3.15. The number of anilines is 1. The maximum atomic E-state index is 11.9. The van der Waals surface area contributed by atoms with E-state index in [0.717, 1.165) is 4.90 Å². The average molecular weight is 288 g/mol. The molecule has 1 aromatic rings. The molecule has 0 aromatic heterocycles. The fourth-order valence-corrected chi connectivity index (χ4v) is 3.23. The Morgan fingerprint density at radius 1 is 1.22 bits per heavy atom. The lowest BCUT2D eigenvalue weighted by Crippen LogP contribution is -2.22. The van der Waals surface area contributed by atoms with Gasteiger partial charge in [0.25, 0.3) is 0 Å². The van der Waals surface area contributed by atoms with Crippen LogP contribution in [-0.4, -0.2) is 31.6 Å². The van der Waals surface area contributed by atoms with Crippen LogP contribution in [0.1, 0.15) is 20.8 Å². The van der Waals surface area contributed by atoms with Gasteiger partial charge in [0.15, 0.2) is 0 Å². The highest BCUT2D eigenvalue weighted by molar-refractivity contribution is 8.00. The second-order valence-electron chi connectivity index (χ2n) is 5.20. The third-order valence-corrected chi connectivity index (χ3v) is 5.19. The lowest BCUT2D eigenvalue weighted by atomic mass is 10.3. The number of nitrogens with zero attached hydrogens (tertiary/aromatic N) is 1. The number of nitrogen functional groups attached to an aromatic ring is 1. The average Bonchev–Trinajstić information content (AvgIpc) is 2.18. The summed E-state index contributed by atoms with van der Waals surface area (Å²) in [5.74, 6) is 0. The lowest BCUT2D eigenvalue weighted by molar-refractivity contribution is 0.520. The van der Waals surface area contributed by atoms with E-state index in [1.54, 1.807) is 23.9 Å². The lowest BCUT2D eigenvalue weighted by Gasteiger charge is -2.19. The third kappa shape index (κ3) is 3.63. The molecule has 0 aliphatic heterocycles.